The first-order valence-corrected chi connectivity index (χ1v) is 11.7. The maximum Gasteiger partial charge on any atom is 0.433 e. The van der Waals surface area contributed by atoms with E-state index in [1.54, 1.807) is 0 Å². The molecular formula is C23H18ClF4N7O5. The molecule has 0 bridgehead atoms. The minimum Gasteiger partial charge on any atom is -0.380 e. The number of fused-ring (bicyclic) bond motifs is 1. The molecule has 40 heavy (non-hydrogen) atoms. The van der Waals surface area contributed by atoms with E-state index in [4.69, 9.17) is 26.6 Å². The Morgan fingerprint density at radius 1 is 1.30 bits per heavy atom. The maximum absolute atomic E-state index is 14.9. The van der Waals surface area contributed by atoms with Gasteiger partial charge in [-0.2, -0.15) is 13.2 Å². The Hall–Kier alpha value is -4.28. The molecule has 210 valence electrons. The zero-order chi connectivity index (χ0) is 29.0. The second kappa shape index (κ2) is 9.72. The molecule has 2 unspecified atom stereocenters. The van der Waals surface area contributed by atoms with Gasteiger partial charge >= 0.3 is 6.18 Å². The summed E-state index contributed by atoms with van der Waals surface area (Å²) in [5.41, 5.74) is 2.05. The fourth-order valence-electron chi connectivity index (χ4n) is 4.07. The minimum atomic E-state index is -4.75. The van der Waals surface area contributed by atoms with E-state index in [-0.39, 0.29) is 40.9 Å². The number of nitrogens with one attached hydrogen (secondary N) is 1. The Labute approximate surface area is 226 Å². The fraction of sp³-hybridized carbons (Fsp3) is 0.261. The number of ether oxygens (including phenoxy) is 1. The van der Waals surface area contributed by atoms with Crippen LogP contribution in [0.1, 0.15) is 12.6 Å². The van der Waals surface area contributed by atoms with Crippen molar-refractivity contribution >= 4 is 51.7 Å². The third kappa shape index (κ3) is 4.80. The van der Waals surface area contributed by atoms with Crippen molar-refractivity contribution in [3.63, 3.8) is 0 Å². The van der Waals surface area contributed by atoms with Gasteiger partial charge in [-0.1, -0.05) is 16.8 Å². The van der Waals surface area contributed by atoms with Crippen LogP contribution in [-0.4, -0.2) is 61.7 Å². The SMILES string of the molecule is CC(O)(C(=O)Nc1cc(Cl)c2c(N)noc2c1)C1OCCN(c2nn(-c3ccnc(C(F)(F)F)c3)cc2F)C1=O. The van der Waals surface area contributed by atoms with E-state index in [2.05, 4.69) is 20.6 Å². The van der Waals surface area contributed by atoms with Gasteiger partial charge in [0.05, 0.1) is 35.4 Å². The number of hydrogen-bond donors (Lipinski definition) is 3. The standard InChI is InChI=1S/C23H18ClF4N7O5/c1-22(38,21(37)31-10-6-12(24)16-14(7-10)40-33-18(16)29)17-20(36)34(4-5-39-17)19-13(25)9-35(32-19)11-2-3-30-15(8-11)23(26,27)28/h2-3,6-9,17,38H,4-5H2,1H3,(H2,29,33)(H,31,37). The molecule has 3 aromatic heterocycles. The zero-order valence-electron chi connectivity index (χ0n) is 20.2. The van der Waals surface area contributed by atoms with Crippen LogP contribution in [0.5, 0.6) is 0 Å². The zero-order valence-corrected chi connectivity index (χ0v) is 21.0. The van der Waals surface area contributed by atoms with Gasteiger partial charge in [0.1, 0.15) is 5.69 Å². The van der Waals surface area contributed by atoms with E-state index >= 15 is 0 Å². The summed E-state index contributed by atoms with van der Waals surface area (Å²) in [6.07, 6.45) is -4.89. The van der Waals surface area contributed by atoms with Crippen molar-refractivity contribution in [1.82, 2.24) is 19.9 Å². The van der Waals surface area contributed by atoms with E-state index in [0.29, 0.717) is 11.5 Å². The molecule has 2 atom stereocenters. The van der Waals surface area contributed by atoms with Gasteiger partial charge in [-0.3, -0.25) is 19.5 Å². The van der Waals surface area contributed by atoms with Crippen molar-refractivity contribution in [3.05, 3.63) is 53.2 Å². The van der Waals surface area contributed by atoms with Gasteiger partial charge < -0.3 is 25.4 Å². The van der Waals surface area contributed by atoms with Crippen LogP contribution in [0, 0.1) is 5.82 Å². The number of morpholine rings is 1. The molecule has 4 heterocycles. The van der Waals surface area contributed by atoms with Crippen molar-refractivity contribution in [2.45, 2.75) is 24.8 Å². The molecule has 1 aliphatic rings. The number of carbonyl (C=O) groups is 2. The van der Waals surface area contributed by atoms with Gasteiger partial charge in [-0.05, 0) is 25.1 Å². The summed E-state index contributed by atoms with van der Waals surface area (Å²) in [4.78, 5) is 30.4. The number of nitrogen functional groups attached to an aromatic ring is 1. The van der Waals surface area contributed by atoms with Crippen LogP contribution in [-0.2, 0) is 20.5 Å². The van der Waals surface area contributed by atoms with Crippen LogP contribution in [0.4, 0.5) is 34.9 Å². The number of hydrogen-bond acceptors (Lipinski definition) is 9. The van der Waals surface area contributed by atoms with Crippen LogP contribution in [0.15, 0.2) is 41.2 Å². The van der Waals surface area contributed by atoms with Gasteiger partial charge in [0.2, 0.25) is 0 Å². The highest BCUT2D eigenvalue weighted by molar-refractivity contribution is 6.36. The molecule has 1 aromatic carbocycles. The summed E-state index contributed by atoms with van der Waals surface area (Å²) >= 11 is 6.17. The topological polar surface area (TPSA) is 162 Å². The van der Waals surface area contributed by atoms with Gasteiger partial charge in [0, 0.05) is 18.0 Å². The molecule has 4 N–H and O–H groups in total. The van der Waals surface area contributed by atoms with Crippen LogP contribution < -0.4 is 16.0 Å². The summed E-state index contributed by atoms with van der Waals surface area (Å²) in [5.74, 6) is -3.64. The average Bonchev–Trinajstić information content (AvgIpc) is 3.46. The largest absolute Gasteiger partial charge is 0.433 e. The molecule has 0 aliphatic carbocycles. The number of anilines is 3. The monoisotopic (exact) mass is 583 g/mol. The summed E-state index contributed by atoms with van der Waals surface area (Å²) < 4.78 is 65.3. The number of halogens is 5. The van der Waals surface area contributed by atoms with E-state index in [9.17, 15) is 32.3 Å². The van der Waals surface area contributed by atoms with Gasteiger partial charge in [0.25, 0.3) is 11.8 Å². The van der Waals surface area contributed by atoms with Crippen molar-refractivity contribution in [3.8, 4) is 5.69 Å². The number of aliphatic hydroxyl groups is 1. The van der Waals surface area contributed by atoms with E-state index in [0.717, 1.165) is 28.9 Å². The molecular weight excluding hydrogens is 566 g/mol. The third-order valence-electron chi connectivity index (χ3n) is 6.08. The molecule has 5 rings (SSSR count). The Kier molecular flexibility index (Phi) is 6.63. The average molecular weight is 584 g/mol. The third-order valence-corrected chi connectivity index (χ3v) is 6.37. The number of nitrogens with zero attached hydrogens (tertiary/aromatic N) is 5. The molecule has 4 aromatic rings. The number of benzene rings is 1. The fourth-order valence-corrected chi connectivity index (χ4v) is 4.38. The van der Waals surface area contributed by atoms with E-state index < -0.39 is 47.0 Å². The second-order valence-electron chi connectivity index (χ2n) is 8.88. The highest BCUT2D eigenvalue weighted by Crippen LogP contribution is 2.33. The normalized spacial score (nSPS) is 17.7. The number of carbonyl (C=O) groups excluding carboxylic acids is 2. The Morgan fingerprint density at radius 3 is 2.77 bits per heavy atom. The molecule has 0 spiro atoms. The lowest BCUT2D eigenvalue weighted by Crippen LogP contribution is -2.61. The summed E-state index contributed by atoms with van der Waals surface area (Å²) in [7, 11) is 0. The molecule has 17 heteroatoms. The molecule has 0 saturated carbocycles. The van der Waals surface area contributed by atoms with Crippen LogP contribution in [0.25, 0.3) is 16.7 Å². The highest BCUT2D eigenvalue weighted by atomic mass is 35.5. The van der Waals surface area contributed by atoms with E-state index in [1.807, 2.05) is 0 Å². The highest BCUT2D eigenvalue weighted by Gasteiger charge is 2.49. The number of aromatic nitrogens is 4. The minimum absolute atomic E-state index is 0.0329. The van der Waals surface area contributed by atoms with Crippen molar-refractivity contribution in [2.75, 3.05) is 29.1 Å². The first-order valence-electron chi connectivity index (χ1n) is 11.4. The van der Waals surface area contributed by atoms with Crippen LogP contribution >= 0.6 is 11.6 Å². The molecule has 2 amide bonds. The number of pyridine rings is 1. The lowest BCUT2D eigenvalue weighted by Gasteiger charge is -2.37. The van der Waals surface area contributed by atoms with Crippen LogP contribution in [0.2, 0.25) is 5.02 Å². The first-order chi connectivity index (χ1) is 18.8. The Bertz CT molecular complexity index is 1640. The quantitative estimate of drug-likeness (QED) is 0.300. The lowest BCUT2D eigenvalue weighted by atomic mass is 9.95. The summed E-state index contributed by atoms with van der Waals surface area (Å²) in [6, 6.07) is 4.50. The van der Waals surface area contributed by atoms with Gasteiger partial charge in [0.15, 0.2) is 34.7 Å². The van der Waals surface area contributed by atoms with Gasteiger partial charge in [-0.15, -0.1) is 5.10 Å². The molecule has 1 aliphatic heterocycles. The summed E-state index contributed by atoms with van der Waals surface area (Å²) in [6.45, 7) is 0.574. The first kappa shape index (κ1) is 27.3. The smallest absolute Gasteiger partial charge is 0.380 e. The predicted molar refractivity (Wildman–Crippen MR) is 131 cm³/mol. The number of nitrogens with two attached hydrogens (primary N) is 1. The molecule has 1 fully saturated rings. The number of amides is 2. The van der Waals surface area contributed by atoms with Gasteiger partial charge in [-0.25, -0.2) is 9.07 Å². The van der Waals surface area contributed by atoms with Crippen molar-refractivity contribution in [1.29, 1.82) is 0 Å². The Morgan fingerprint density at radius 2 is 2.05 bits per heavy atom. The molecule has 1 saturated heterocycles. The molecule has 0 radical (unpaired) electrons. The number of alkyl halides is 3. The van der Waals surface area contributed by atoms with Crippen molar-refractivity contribution in [2.24, 2.45) is 0 Å². The lowest BCUT2D eigenvalue weighted by molar-refractivity contribution is -0.165. The van der Waals surface area contributed by atoms with E-state index in [1.165, 1.54) is 18.2 Å². The maximum atomic E-state index is 14.9. The molecule has 12 nitrogen and oxygen atoms in total. The predicted octanol–water partition coefficient (Wildman–Crippen LogP) is 2.92. The second-order valence-corrected chi connectivity index (χ2v) is 9.29. The number of rotatable bonds is 5. The van der Waals surface area contributed by atoms with Crippen molar-refractivity contribution < 1.29 is 41.5 Å². The van der Waals surface area contributed by atoms with Crippen LogP contribution in [0.3, 0.4) is 0 Å². The Balaban J connectivity index is 1.38. The summed E-state index contributed by atoms with van der Waals surface area (Å²) in [5, 5.41) is 21.4.